The van der Waals surface area contributed by atoms with E-state index >= 15 is 0 Å². The molecule has 3 aromatic carbocycles. The minimum absolute atomic E-state index is 0.195. The van der Waals surface area contributed by atoms with Crippen LogP contribution in [0.15, 0.2) is 60.7 Å². The number of nitrogens with one attached hydrogen (secondary N) is 1. The molecule has 1 N–H and O–H groups in total. The van der Waals surface area contributed by atoms with E-state index in [4.69, 9.17) is 4.74 Å². The van der Waals surface area contributed by atoms with E-state index in [0.29, 0.717) is 13.0 Å². The molecule has 0 unspecified atom stereocenters. The van der Waals surface area contributed by atoms with Gasteiger partial charge in [-0.1, -0.05) is 82.9 Å². The van der Waals surface area contributed by atoms with Crippen molar-refractivity contribution in [1.29, 1.82) is 0 Å². The second-order valence-corrected chi connectivity index (χ2v) is 8.25. The van der Waals surface area contributed by atoms with Crippen molar-refractivity contribution >= 4 is 5.97 Å². The Morgan fingerprint density at radius 1 is 0.667 bits per heavy atom. The molecule has 0 amide bonds. The van der Waals surface area contributed by atoms with Crippen molar-refractivity contribution in [2.75, 3.05) is 0 Å². The molecular formula is C27H31NO2. The van der Waals surface area contributed by atoms with Crippen LogP contribution >= 0.6 is 0 Å². The topological polar surface area (TPSA) is 38.3 Å². The Morgan fingerprint density at radius 2 is 1.13 bits per heavy atom. The Labute approximate surface area is 180 Å². The highest BCUT2D eigenvalue weighted by atomic mass is 16.5. The number of hydrogen-bond donors (Lipinski definition) is 1. The van der Waals surface area contributed by atoms with Crippen molar-refractivity contribution in [3.63, 3.8) is 0 Å². The van der Waals surface area contributed by atoms with E-state index in [2.05, 4.69) is 55.6 Å². The summed E-state index contributed by atoms with van der Waals surface area (Å²) < 4.78 is 5.46. The fraction of sp³-hybridized carbons (Fsp3) is 0.296. The van der Waals surface area contributed by atoms with E-state index in [9.17, 15) is 4.79 Å². The fourth-order valence-electron chi connectivity index (χ4n) is 3.83. The van der Waals surface area contributed by atoms with Gasteiger partial charge >= 0.3 is 5.97 Å². The lowest BCUT2D eigenvalue weighted by molar-refractivity contribution is -0.144. The van der Waals surface area contributed by atoms with Gasteiger partial charge in [0.2, 0.25) is 0 Å². The SMILES string of the molecule is Cc1cc(C)cc(CNCc2ccc(COC(=O)Cc3cc(C)cc(C)c3)cc2)c1. The first kappa shape index (κ1) is 21.8. The number of aryl methyl sites for hydroxylation is 4. The minimum Gasteiger partial charge on any atom is -0.461 e. The van der Waals surface area contributed by atoms with Gasteiger partial charge in [0, 0.05) is 13.1 Å². The summed E-state index contributed by atoms with van der Waals surface area (Å²) in [6.45, 7) is 10.3. The molecule has 0 spiro atoms. The van der Waals surface area contributed by atoms with E-state index in [0.717, 1.165) is 24.2 Å². The number of carbonyl (C=O) groups excluding carboxylic acids is 1. The van der Waals surface area contributed by atoms with Crippen molar-refractivity contribution in [2.45, 2.75) is 53.8 Å². The molecule has 0 aliphatic rings. The number of benzene rings is 3. The van der Waals surface area contributed by atoms with Gasteiger partial charge in [-0.05, 0) is 49.9 Å². The Bertz CT molecular complexity index is 965. The summed E-state index contributed by atoms with van der Waals surface area (Å²) >= 11 is 0. The average Bonchev–Trinajstić information content (AvgIpc) is 2.66. The number of rotatable bonds is 8. The van der Waals surface area contributed by atoms with Crippen molar-refractivity contribution < 1.29 is 9.53 Å². The van der Waals surface area contributed by atoms with Crippen LogP contribution in [0.25, 0.3) is 0 Å². The van der Waals surface area contributed by atoms with E-state index in [1.165, 1.54) is 33.4 Å². The second kappa shape index (κ2) is 10.2. The van der Waals surface area contributed by atoms with Crippen molar-refractivity contribution in [1.82, 2.24) is 5.32 Å². The number of hydrogen-bond acceptors (Lipinski definition) is 3. The third kappa shape index (κ3) is 6.85. The predicted molar refractivity (Wildman–Crippen MR) is 122 cm³/mol. The predicted octanol–water partition coefficient (Wildman–Crippen LogP) is 5.50. The van der Waals surface area contributed by atoms with Gasteiger partial charge in [0.15, 0.2) is 0 Å². The Kier molecular flexibility index (Phi) is 7.42. The first-order valence-electron chi connectivity index (χ1n) is 10.5. The highest BCUT2D eigenvalue weighted by molar-refractivity contribution is 5.72. The third-order valence-electron chi connectivity index (χ3n) is 4.99. The lowest BCUT2D eigenvalue weighted by Gasteiger charge is -2.09. The number of ether oxygens (including phenoxy) is 1. The van der Waals surface area contributed by atoms with Crippen LogP contribution in [0.1, 0.15) is 44.5 Å². The molecule has 0 radical (unpaired) electrons. The van der Waals surface area contributed by atoms with E-state index in [1.807, 2.05) is 38.1 Å². The smallest absolute Gasteiger partial charge is 0.310 e. The molecule has 0 saturated heterocycles. The zero-order valence-electron chi connectivity index (χ0n) is 18.4. The summed E-state index contributed by atoms with van der Waals surface area (Å²) in [4.78, 5) is 12.2. The van der Waals surface area contributed by atoms with Crippen molar-refractivity contribution in [3.8, 4) is 0 Å². The average molecular weight is 402 g/mol. The summed E-state index contributed by atoms with van der Waals surface area (Å²) in [5.74, 6) is -0.195. The van der Waals surface area contributed by atoms with Gasteiger partial charge in [-0.2, -0.15) is 0 Å². The Hall–Kier alpha value is -2.91. The molecule has 0 aliphatic heterocycles. The van der Waals surface area contributed by atoms with Crippen LogP contribution in [0.2, 0.25) is 0 Å². The quantitative estimate of drug-likeness (QED) is 0.507. The summed E-state index contributed by atoms with van der Waals surface area (Å²) in [7, 11) is 0. The normalized spacial score (nSPS) is 10.8. The van der Waals surface area contributed by atoms with Gasteiger partial charge in [-0.25, -0.2) is 0 Å². The Balaban J connectivity index is 1.44. The van der Waals surface area contributed by atoms with Gasteiger partial charge < -0.3 is 10.1 Å². The van der Waals surface area contributed by atoms with Crippen molar-refractivity contribution in [3.05, 3.63) is 105 Å². The number of carbonyl (C=O) groups is 1. The summed E-state index contributed by atoms with van der Waals surface area (Å²) in [5.41, 5.74) is 9.44. The molecule has 0 fully saturated rings. The van der Waals surface area contributed by atoms with E-state index in [-0.39, 0.29) is 5.97 Å². The molecule has 3 heteroatoms. The summed E-state index contributed by atoms with van der Waals surface area (Å²) in [6.07, 6.45) is 0.308. The van der Waals surface area contributed by atoms with Crippen LogP contribution in [0.3, 0.4) is 0 Å². The molecule has 0 heterocycles. The van der Waals surface area contributed by atoms with Gasteiger partial charge in [0.25, 0.3) is 0 Å². The first-order valence-corrected chi connectivity index (χ1v) is 10.5. The van der Waals surface area contributed by atoms with Crippen LogP contribution in [-0.4, -0.2) is 5.97 Å². The standard InChI is InChI=1S/C27H31NO2/c1-19-9-20(2)12-25(11-19)15-27(29)30-18-24-7-5-23(6-8-24)16-28-17-26-13-21(3)10-22(4)14-26/h5-14,28H,15-18H2,1-4H3. The van der Waals surface area contributed by atoms with E-state index in [1.54, 1.807) is 0 Å². The Morgan fingerprint density at radius 3 is 1.70 bits per heavy atom. The summed E-state index contributed by atoms with van der Waals surface area (Å²) in [6, 6.07) is 21.0. The molecular weight excluding hydrogens is 370 g/mol. The molecule has 3 aromatic rings. The first-order chi connectivity index (χ1) is 14.4. The minimum atomic E-state index is -0.195. The summed E-state index contributed by atoms with van der Waals surface area (Å²) in [5, 5.41) is 3.49. The molecule has 0 aromatic heterocycles. The molecule has 0 saturated carbocycles. The van der Waals surface area contributed by atoms with Crippen LogP contribution in [0.4, 0.5) is 0 Å². The van der Waals surface area contributed by atoms with Gasteiger partial charge in [-0.15, -0.1) is 0 Å². The van der Waals surface area contributed by atoms with E-state index < -0.39 is 0 Å². The lowest BCUT2D eigenvalue weighted by atomic mass is 10.1. The maximum Gasteiger partial charge on any atom is 0.310 e. The van der Waals surface area contributed by atoms with Crippen LogP contribution < -0.4 is 5.32 Å². The van der Waals surface area contributed by atoms with Crippen LogP contribution in [0, 0.1) is 27.7 Å². The largest absolute Gasteiger partial charge is 0.461 e. The lowest BCUT2D eigenvalue weighted by Crippen LogP contribution is -2.13. The monoisotopic (exact) mass is 401 g/mol. The van der Waals surface area contributed by atoms with Crippen LogP contribution in [0.5, 0.6) is 0 Å². The molecule has 0 aliphatic carbocycles. The highest BCUT2D eigenvalue weighted by Gasteiger charge is 2.07. The third-order valence-corrected chi connectivity index (χ3v) is 4.99. The maximum absolute atomic E-state index is 12.2. The fourth-order valence-corrected chi connectivity index (χ4v) is 3.83. The molecule has 0 atom stereocenters. The molecule has 3 rings (SSSR count). The second-order valence-electron chi connectivity index (χ2n) is 8.25. The molecule has 30 heavy (non-hydrogen) atoms. The van der Waals surface area contributed by atoms with Gasteiger partial charge in [0.05, 0.1) is 6.42 Å². The number of esters is 1. The van der Waals surface area contributed by atoms with Gasteiger partial charge in [0.1, 0.15) is 6.61 Å². The zero-order valence-corrected chi connectivity index (χ0v) is 18.4. The highest BCUT2D eigenvalue weighted by Crippen LogP contribution is 2.12. The van der Waals surface area contributed by atoms with Crippen LogP contribution in [-0.2, 0) is 35.6 Å². The zero-order chi connectivity index (χ0) is 21.5. The van der Waals surface area contributed by atoms with Gasteiger partial charge in [-0.3, -0.25) is 4.79 Å². The molecule has 0 bridgehead atoms. The molecule has 3 nitrogen and oxygen atoms in total. The molecule has 156 valence electrons. The maximum atomic E-state index is 12.2. The van der Waals surface area contributed by atoms with Crippen molar-refractivity contribution in [2.24, 2.45) is 0 Å².